The largest absolute Gasteiger partial charge is 0.482 e. The maximum Gasteiger partial charge on any atom is 0.262 e. The van der Waals surface area contributed by atoms with Crippen LogP contribution in [0, 0.1) is 0 Å². The third kappa shape index (κ3) is 3.79. The number of carbonyl (C=O) groups is 1. The van der Waals surface area contributed by atoms with Crippen LogP contribution in [0.3, 0.4) is 0 Å². The molecule has 2 aromatic carbocycles. The number of anilines is 2. The van der Waals surface area contributed by atoms with Crippen molar-refractivity contribution in [1.29, 1.82) is 0 Å². The molecule has 2 aromatic rings. The number of hydrogen-bond acceptors (Lipinski definition) is 3. The van der Waals surface area contributed by atoms with Crippen LogP contribution in [0.15, 0.2) is 42.5 Å². The van der Waals surface area contributed by atoms with Gasteiger partial charge in [-0.1, -0.05) is 35.3 Å². The summed E-state index contributed by atoms with van der Waals surface area (Å²) in [5.74, 6) is 0.0317. The summed E-state index contributed by atoms with van der Waals surface area (Å²) in [5, 5.41) is 3.59. The number of carbonyl (C=O) groups excluding carboxylic acids is 1. The molecule has 1 amide bonds. The van der Waals surface area contributed by atoms with Gasteiger partial charge >= 0.3 is 0 Å². The van der Waals surface area contributed by atoms with E-state index >= 15 is 0 Å². The number of rotatable bonds is 4. The molecule has 0 bridgehead atoms. The van der Waals surface area contributed by atoms with E-state index in [0.29, 0.717) is 27.2 Å². The minimum Gasteiger partial charge on any atom is -0.482 e. The van der Waals surface area contributed by atoms with Crippen molar-refractivity contribution in [3.8, 4) is 5.75 Å². The molecule has 20 heavy (non-hydrogen) atoms. The maximum absolute atomic E-state index is 11.8. The summed E-state index contributed by atoms with van der Waals surface area (Å²) in [6.45, 7) is -0.185. The first-order valence-electron chi connectivity index (χ1n) is 5.78. The fraction of sp³-hybridized carbons (Fsp3) is 0.0714. The van der Waals surface area contributed by atoms with Crippen LogP contribution in [0.2, 0.25) is 10.0 Å². The average Bonchev–Trinajstić information content (AvgIpc) is 2.42. The highest BCUT2D eigenvalue weighted by Gasteiger charge is 2.08. The van der Waals surface area contributed by atoms with Crippen LogP contribution in [0.1, 0.15) is 0 Å². The van der Waals surface area contributed by atoms with E-state index in [2.05, 4.69) is 5.32 Å². The van der Waals surface area contributed by atoms with E-state index in [0.717, 1.165) is 0 Å². The summed E-state index contributed by atoms with van der Waals surface area (Å²) in [6, 6.07) is 11.8. The molecule has 0 saturated heterocycles. The normalized spacial score (nSPS) is 10.1. The topological polar surface area (TPSA) is 64.3 Å². The second-order valence-electron chi connectivity index (χ2n) is 4.00. The zero-order chi connectivity index (χ0) is 14.5. The van der Waals surface area contributed by atoms with E-state index in [-0.39, 0.29) is 12.5 Å². The molecule has 104 valence electrons. The lowest BCUT2D eigenvalue weighted by atomic mass is 10.3. The lowest BCUT2D eigenvalue weighted by Gasteiger charge is -2.10. The second-order valence-corrected chi connectivity index (χ2v) is 4.84. The third-order valence-corrected chi connectivity index (χ3v) is 3.05. The van der Waals surface area contributed by atoms with Gasteiger partial charge in [-0.3, -0.25) is 4.79 Å². The molecule has 0 radical (unpaired) electrons. The molecule has 0 atom stereocenters. The highest BCUT2D eigenvalue weighted by molar-refractivity contribution is 6.33. The average molecular weight is 311 g/mol. The van der Waals surface area contributed by atoms with Crippen molar-refractivity contribution >= 4 is 40.5 Å². The highest BCUT2D eigenvalue weighted by Crippen LogP contribution is 2.25. The van der Waals surface area contributed by atoms with Gasteiger partial charge in [0.1, 0.15) is 5.75 Å². The predicted octanol–water partition coefficient (Wildman–Crippen LogP) is 3.59. The van der Waals surface area contributed by atoms with Crippen LogP contribution in [-0.4, -0.2) is 12.5 Å². The summed E-state index contributed by atoms with van der Waals surface area (Å²) in [6.07, 6.45) is 0. The SMILES string of the molecule is Nc1ccc(Cl)cc1OCC(=O)Nc1ccccc1Cl. The Balaban J connectivity index is 1.96. The Kier molecular flexibility index (Phi) is 4.71. The van der Waals surface area contributed by atoms with Crippen molar-refractivity contribution in [3.63, 3.8) is 0 Å². The van der Waals surface area contributed by atoms with E-state index in [4.69, 9.17) is 33.7 Å². The summed E-state index contributed by atoms with van der Waals surface area (Å²) < 4.78 is 5.33. The molecule has 0 aliphatic rings. The lowest BCUT2D eigenvalue weighted by molar-refractivity contribution is -0.118. The molecule has 2 rings (SSSR count). The number of nitrogens with two attached hydrogens (primary N) is 1. The van der Waals surface area contributed by atoms with Gasteiger partial charge in [0.25, 0.3) is 5.91 Å². The van der Waals surface area contributed by atoms with Gasteiger partial charge in [0, 0.05) is 11.1 Å². The van der Waals surface area contributed by atoms with E-state index in [1.807, 2.05) is 0 Å². The quantitative estimate of drug-likeness (QED) is 0.848. The fourth-order valence-corrected chi connectivity index (χ4v) is 1.87. The highest BCUT2D eigenvalue weighted by atomic mass is 35.5. The van der Waals surface area contributed by atoms with Crippen LogP contribution >= 0.6 is 23.2 Å². The van der Waals surface area contributed by atoms with Crippen molar-refractivity contribution in [3.05, 3.63) is 52.5 Å². The maximum atomic E-state index is 11.8. The zero-order valence-electron chi connectivity index (χ0n) is 10.4. The summed E-state index contributed by atoms with van der Waals surface area (Å²) in [7, 11) is 0. The first-order valence-corrected chi connectivity index (χ1v) is 6.54. The molecule has 6 heteroatoms. The molecule has 0 saturated carbocycles. The van der Waals surface area contributed by atoms with Crippen molar-refractivity contribution in [2.75, 3.05) is 17.7 Å². The minimum absolute atomic E-state index is 0.185. The summed E-state index contributed by atoms with van der Waals surface area (Å²) in [4.78, 5) is 11.8. The zero-order valence-corrected chi connectivity index (χ0v) is 11.9. The standard InChI is InChI=1S/C14H12Cl2N2O2/c15-9-5-6-11(17)13(7-9)20-8-14(19)18-12-4-2-1-3-10(12)16/h1-7H,8,17H2,(H,18,19). The van der Waals surface area contributed by atoms with Crippen LogP contribution in [0.5, 0.6) is 5.75 Å². The van der Waals surface area contributed by atoms with Crippen LogP contribution < -0.4 is 15.8 Å². The predicted molar refractivity (Wildman–Crippen MR) is 81.4 cm³/mol. The molecule has 0 heterocycles. The molecule has 0 aliphatic heterocycles. The number of ether oxygens (including phenoxy) is 1. The van der Waals surface area contributed by atoms with E-state index in [9.17, 15) is 4.79 Å². The first-order chi connectivity index (χ1) is 9.56. The third-order valence-electron chi connectivity index (χ3n) is 2.48. The van der Waals surface area contributed by atoms with Crippen LogP contribution in [-0.2, 0) is 4.79 Å². The lowest BCUT2D eigenvalue weighted by Crippen LogP contribution is -2.20. The van der Waals surface area contributed by atoms with Gasteiger partial charge in [-0.2, -0.15) is 0 Å². The fourth-order valence-electron chi connectivity index (χ4n) is 1.53. The Hall–Kier alpha value is -1.91. The van der Waals surface area contributed by atoms with Gasteiger partial charge in [-0.25, -0.2) is 0 Å². The Morgan fingerprint density at radius 2 is 1.95 bits per heavy atom. The molecule has 3 N–H and O–H groups in total. The number of benzene rings is 2. The molecule has 0 fully saturated rings. The molecular formula is C14H12Cl2N2O2. The van der Waals surface area contributed by atoms with Crippen molar-refractivity contribution < 1.29 is 9.53 Å². The first kappa shape index (κ1) is 14.5. The molecule has 0 spiro atoms. The number of para-hydroxylation sites is 1. The Labute approximate surface area is 126 Å². The van der Waals surface area contributed by atoms with Crippen molar-refractivity contribution in [2.45, 2.75) is 0 Å². The van der Waals surface area contributed by atoms with Gasteiger partial charge in [-0.15, -0.1) is 0 Å². The van der Waals surface area contributed by atoms with Gasteiger partial charge in [0.05, 0.1) is 16.4 Å². The van der Waals surface area contributed by atoms with Crippen molar-refractivity contribution in [2.24, 2.45) is 0 Å². The smallest absolute Gasteiger partial charge is 0.262 e. The monoisotopic (exact) mass is 310 g/mol. The molecule has 4 nitrogen and oxygen atoms in total. The summed E-state index contributed by atoms with van der Waals surface area (Å²) in [5.41, 5.74) is 6.66. The Bertz CT molecular complexity index is 632. The van der Waals surface area contributed by atoms with E-state index in [1.165, 1.54) is 0 Å². The van der Waals surface area contributed by atoms with Crippen LogP contribution in [0.4, 0.5) is 11.4 Å². The van der Waals surface area contributed by atoms with E-state index < -0.39 is 0 Å². The number of nitrogen functional groups attached to an aromatic ring is 1. The Morgan fingerprint density at radius 1 is 1.20 bits per heavy atom. The number of hydrogen-bond donors (Lipinski definition) is 2. The molecular weight excluding hydrogens is 299 g/mol. The molecule has 0 unspecified atom stereocenters. The number of nitrogens with one attached hydrogen (secondary N) is 1. The minimum atomic E-state index is -0.336. The van der Waals surface area contributed by atoms with Gasteiger partial charge < -0.3 is 15.8 Å². The number of halogens is 2. The van der Waals surface area contributed by atoms with E-state index in [1.54, 1.807) is 42.5 Å². The summed E-state index contributed by atoms with van der Waals surface area (Å²) >= 11 is 11.8. The van der Waals surface area contributed by atoms with Crippen molar-refractivity contribution in [1.82, 2.24) is 0 Å². The Morgan fingerprint density at radius 3 is 2.70 bits per heavy atom. The van der Waals surface area contributed by atoms with Crippen LogP contribution in [0.25, 0.3) is 0 Å². The number of amides is 1. The van der Waals surface area contributed by atoms with Gasteiger partial charge in [0.15, 0.2) is 6.61 Å². The second kappa shape index (κ2) is 6.50. The molecule has 0 aliphatic carbocycles. The van der Waals surface area contributed by atoms with Gasteiger partial charge in [0.2, 0.25) is 0 Å². The molecule has 0 aromatic heterocycles. The van der Waals surface area contributed by atoms with Gasteiger partial charge in [-0.05, 0) is 24.3 Å².